The molecule has 1 saturated heterocycles. The molecular weight excluding hydrogens is 436 g/mol. The van der Waals surface area contributed by atoms with Crippen molar-refractivity contribution < 1.29 is 4.79 Å². The Labute approximate surface area is 198 Å². The molecule has 2 aromatic heterocycles. The third-order valence-corrected chi connectivity index (χ3v) is 6.75. The van der Waals surface area contributed by atoms with Crippen molar-refractivity contribution in [2.24, 2.45) is 0 Å². The van der Waals surface area contributed by atoms with Gasteiger partial charge in [0.1, 0.15) is 10.3 Å². The molecule has 3 heterocycles. The zero-order valence-electron chi connectivity index (χ0n) is 19.5. The Bertz CT molecular complexity index is 1310. The summed E-state index contributed by atoms with van der Waals surface area (Å²) in [4.78, 5) is 36.4. The molecule has 33 heavy (non-hydrogen) atoms. The lowest BCUT2D eigenvalue weighted by atomic mass is 10.1. The number of carbonyl (C=O) groups excluding carboxylic acids is 1. The molecule has 1 fully saturated rings. The Balaban J connectivity index is 1.48. The first-order valence-corrected chi connectivity index (χ1v) is 11.7. The Hall–Kier alpha value is -3.04. The van der Waals surface area contributed by atoms with Crippen LogP contribution >= 0.6 is 12.2 Å². The van der Waals surface area contributed by atoms with Crippen LogP contribution in [0.5, 0.6) is 0 Å². The van der Waals surface area contributed by atoms with Crippen LogP contribution in [0.25, 0.3) is 10.9 Å². The van der Waals surface area contributed by atoms with Gasteiger partial charge in [-0.15, -0.1) is 0 Å². The maximum absolute atomic E-state index is 12.3. The fourth-order valence-electron chi connectivity index (χ4n) is 4.59. The van der Waals surface area contributed by atoms with Crippen molar-refractivity contribution >= 4 is 34.7 Å². The van der Waals surface area contributed by atoms with E-state index in [-0.39, 0.29) is 11.6 Å². The smallest absolute Gasteiger partial charge is 0.326 e. The van der Waals surface area contributed by atoms with Gasteiger partial charge in [-0.1, -0.05) is 18.3 Å². The Morgan fingerprint density at radius 1 is 1.27 bits per heavy atom. The molecule has 0 spiro atoms. The fourth-order valence-corrected chi connectivity index (χ4v) is 4.98. The number of benzene rings is 1. The van der Waals surface area contributed by atoms with Crippen LogP contribution in [0.3, 0.4) is 0 Å². The number of hydrogen-bond donors (Lipinski definition) is 2. The molecule has 1 unspecified atom stereocenters. The third-order valence-electron chi connectivity index (χ3n) is 6.31. The number of carbonyl (C=O) groups is 1. The zero-order chi connectivity index (χ0) is 23.7. The molecule has 1 aliphatic heterocycles. The quantitative estimate of drug-likeness (QED) is 0.563. The van der Waals surface area contributed by atoms with Crippen LogP contribution in [0, 0.1) is 11.6 Å². The van der Waals surface area contributed by atoms with Gasteiger partial charge < -0.3 is 15.2 Å². The number of pyridine rings is 1. The van der Waals surface area contributed by atoms with E-state index in [9.17, 15) is 9.59 Å². The first-order chi connectivity index (χ1) is 15.8. The normalized spacial score (nSPS) is 16.8. The summed E-state index contributed by atoms with van der Waals surface area (Å²) < 4.78 is 2.16. The Morgan fingerprint density at radius 2 is 2.06 bits per heavy atom. The summed E-state index contributed by atoms with van der Waals surface area (Å²) in [5, 5.41) is 3.52. The van der Waals surface area contributed by atoms with Gasteiger partial charge >= 0.3 is 5.69 Å². The second kappa shape index (κ2) is 9.44. The largest absolute Gasteiger partial charge is 0.365 e. The molecule has 0 aliphatic carbocycles. The second-order valence-corrected chi connectivity index (χ2v) is 8.90. The highest BCUT2D eigenvalue weighted by Gasteiger charge is 2.25. The van der Waals surface area contributed by atoms with Crippen molar-refractivity contribution in [2.45, 2.75) is 39.9 Å². The van der Waals surface area contributed by atoms with Gasteiger partial charge in [0.15, 0.2) is 0 Å². The molecule has 0 saturated carbocycles. The van der Waals surface area contributed by atoms with Crippen LogP contribution in [0.15, 0.2) is 35.1 Å². The molecule has 1 atom stereocenters. The Morgan fingerprint density at radius 3 is 2.73 bits per heavy atom. The first kappa shape index (κ1) is 23.1. The highest BCUT2D eigenvalue weighted by Crippen LogP contribution is 2.25. The summed E-state index contributed by atoms with van der Waals surface area (Å²) in [6, 6.07) is 10.2. The van der Waals surface area contributed by atoms with Gasteiger partial charge in [0.25, 0.3) is 5.91 Å². The molecule has 9 heteroatoms. The van der Waals surface area contributed by atoms with E-state index < -0.39 is 0 Å². The number of nitrogens with zero attached hydrogens (tertiary/aromatic N) is 4. The number of fused-ring (bicyclic) bond motifs is 1. The maximum Gasteiger partial charge on any atom is 0.326 e. The maximum atomic E-state index is 12.3. The van der Waals surface area contributed by atoms with Crippen molar-refractivity contribution in [3.05, 3.63) is 62.4 Å². The molecule has 3 aromatic rings. The van der Waals surface area contributed by atoms with Gasteiger partial charge in [-0.25, -0.2) is 9.78 Å². The molecule has 4 rings (SSSR count). The lowest BCUT2D eigenvalue weighted by Crippen LogP contribution is -2.51. The molecule has 1 aliphatic rings. The van der Waals surface area contributed by atoms with Crippen LogP contribution in [-0.2, 0) is 13.1 Å². The van der Waals surface area contributed by atoms with Crippen LogP contribution in [0.2, 0.25) is 0 Å². The van der Waals surface area contributed by atoms with E-state index in [1.807, 2.05) is 32.0 Å². The average Bonchev–Trinajstić information content (AvgIpc) is 2.79. The van der Waals surface area contributed by atoms with E-state index >= 15 is 0 Å². The minimum absolute atomic E-state index is 0.166. The van der Waals surface area contributed by atoms with E-state index in [0.29, 0.717) is 22.9 Å². The summed E-state index contributed by atoms with van der Waals surface area (Å²) in [5.74, 6) is -0.174. The number of aryl methyl sites for hydroxylation is 1. The molecule has 8 nitrogen and oxygen atoms in total. The van der Waals surface area contributed by atoms with Crippen LogP contribution < -0.4 is 15.9 Å². The van der Waals surface area contributed by atoms with Gasteiger partial charge in [0.2, 0.25) is 0 Å². The summed E-state index contributed by atoms with van der Waals surface area (Å²) in [6.45, 7) is 10.1. The minimum Gasteiger partial charge on any atom is -0.365 e. The number of nitrogens with one attached hydrogen (secondary N) is 2. The van der Waals surface area contributed by atoms with Crippen LogP contribution in [0.1, 0.15) is 35.6 Å². The van der Waals surface area contributed by atoms with Crippen molar-refractivity contribution in [2.75, 3.05) is 31.6 Å². The second-order valence-electron chi connectivity index (χ2n) is 8.52. The number of H-pyrrole nitrogens is 1. The summed E-state index contributed by atoms with van der Waals surface area (Å²) in [6.07, 6.45) is 0. The lowest BCUT2D eigenvalue weighted by molar-refractivity contribution is 0.0958. The van der Waals surface area contributed by atoms with Crippen molar-refractivity contribution in [1.82, 2.24) is 24.8 Å². The van der Waals surface area contributed by atoms with Gasteiger partial charge in [-0.2, -0.15) is 0 Å². The molecule has 174 valence electrons. The topological polar surface area (TPSA) is 86.3 Å². The van der Waals surface area contributed by atoms with E-state index in [1.165, 1.54) is 0 Å². The number of aromatic amines is 1. The number of rotatable bonds is 5. The van der Waals surface area contributed by atoms with Gasteiger partial charge in [0, 0.05) is 51.2 Å². The zero-order valence-corrected chi connectivity index (χ0v) is 20.3. The standard InChI is InChI=1S/C24H30N6O2S/c1-5-29-23(33)18-7-6-17(12-20(18)27-24(29)32)14-28-10-11-30(15(2)13-28)21-9-8-19(22(31)25-4)26-16(21)3/h6-9,12,15H,5,10-11,13-14H2,1-4H3,(H,25,31)(H,27,32). The van der Waals surface area contributed by atoms with Crippen molar-refractivity contribution in [1.29, 1.82) is 0 Å². The van der Waals surface area contributed by atoms with Crippen LogP contribution in [-0.4, -0.2) is 58.1 Å². The third kappa shape index (κ3) is 4.56. The first-order valence-electron chi connectivity index (χ1n) is 11.3. The van der Waals surface area contributed by atoms with E-state index in [4.69, 9.17) is 12.2 Å². The van der Waals surface area contributed by atoms with E-state index in [1.54, 1.807) is 17.7 Å². The van der Waals surface area contributed by atoms with Gasteiger partial charge in [-0.3, -0.25) is 14.3 Å². The monoisotopic (exact) mass is 466 g/mol. The highest BCUT2D eigenvalue weighted by atomic mass is 32.1. The van der Waals surface area contributed by atoms with Crippen molar-refractivity contribution in [3.8, 4) is 0 Å². The van der Waals surface area contributed by atoms with Crippen LogP contribution in [0.4, 0.5) is 5.69 Å². The highest BCUT2D eigenvalue weighted by molar-refractivity contribution is 7.71. The lowest BCUT2D eigenvalue weighted by Gasteiger charge is -2.41. The predicted molar refractivity (Wildman–Crippen MR) is 134 cm³/mol. The van der Waals surface area contributed by atoms with E-state index in [2.05, 4.69) is 38.1 Å². The molecule has 0 bridgehead atoms. The fraction of sp³-hybridized carbons (Fsp3) is 0.417. The number of hydrogen-bond acceptors (Lipinski definition) is 6. The molecule has 1 amide bonds. The number of amides is 1. The number of aromatic nitrogens is 3. The molecule has 0 radical (unpaired) electrons. The summed E-state index contributed by atoms with van der Waals surface area (Å²) >= 11 is 5.50. The van der Waals surface area contributed by atoms with Crippen molar-refractivity contribution in [3.63, 3.8) is 0 Å². The predicted octanol–water partition coefficient (Wildman–Crippen LogP) is 2.85. The van der Waals surface area contributed by atoms with E-state index in [0.717, 1.165) is 54.0 Å². The summed E-state index contributed by atoms with van der Waals surface area (Å²) in [7, 11) is 1.61. The number of piperazine rings is 1. The molecule has 2 N–H and O–H groups in total. The minimum atomic E-state index is -0.174. The SMILES string of the molecule is CCn1c(=O)[nH]c2cc(CN3CCN(c4ccc(C(=O)NC)nc4C)C(C)C3)ccc2c1=S. The Kier molecular flexibility index (Phi) is 6.62. The molecule has 1 aromatic carbocycles. The van der Waals surface area contributed by atoms with Gasteiger partial charge in [-0.05, 0) is 50.6 Å². The van der Waals surface area contributed by atoms with Gasteiger partial charge in [0.05, 0.1) is 16.9 Å². The number of anilines is 1. The average molecular weight is 467 g/mol. The molecular formula is C24H30N6O2S. The summed E-state index contributed by atoms with van der Waals surface area (Å²) in [5.41, 5.74) is 4.14.